The zero-order chi connectivity index (χ0) is 28.0. The van der Waals surface area contributed by atoms with Crippen LogP contribution in [0.4, 0.5) is 5.69 Å². The van der Waals surface area contributed by atoms with E-state index in [9.17, 15) is 19.8 Å². The highest BCUT2D eigenvalue weighted by atomic mass is 16.4. The van der Waals surface area contributed by atoms with Crippen molar-refractivity contribution in [3.63, 3.8) is 0 Å². The second kappa shape index (κ2) is 12.7. The lowest BCUT2D eigenvalue weighted by atomic mass is 9.76. The quantitative estimate of drug-likeness (QED) is 0.219. The van der Waals surface area contributed by atoms with Gasteiger partial charge in [0, 0.05) is 29.8 Å². The van der Waals surface area contributed by atoms with Crippen molar-refractivity contribution in [2.75, 3.05) is 26.5 Å². The van der Waals surface area contributed by atoms with Crippen LogP contribution in [0.25, 0.3) is 0 Å². The molecule has 2 unspecified atom stereocenters. The molecule has 4 atom stereocenters. The first-order chi connectivity index (χ1) is 16.5. The van der Waals surface area contributed by atoms with Crippen molar-refractivity contribution in [1.82, 2.24) is 15.5 Å². The number of anilines is 1. The Bertz CT molecular complexity index is 920. The van der Waals surface area contributed by atoms with Crippen LogP contribution in [0.3, 0.4) is 0 Å². The number of nitrogens with zero attached hydrogens (tertiary/aromatic N) is 1. The average molecular weight is 505 g/mol. The van der Waals surface area contributed by atoms with Crippen molar-refractivity contribution < 1.29 is 19.8 Å². The van der Waals surface area contributed by atoms with E-state index in [1.165, 1.54) is 0 Å². The number of aliphatic hydroxyl groups excluding tert-OH is 1. The summed E-state index contributed by atoms with van der Waals surface area (Å²) in [6.07, 6.45) is 0.610. The monoisotopic (exact) mass is 504 g/mol. The molecule has 0 aliphatic carbocycles. The summed E-state index contributed by atoms with van der Waals surface area (Å²) in [7, 11) is 5.38. The van der Waals surface area contributed by atoms with E-state index < -0.39 is 35.1 Å². The molecule has 1 rings (SSSR count). The van der Waals surface area contributed by atoms with Crippen LogP contribution in [0, 0.1) is 11.3 Å². The molecule has 8 nitrogen and oxygen atoms in total. The van der Waals surface area contributed by atoms with Crippen molar-refractivity contribution in [1.29, 1.82) is 0 Å². The Morgan fingerprint density at radius 1 is 1.08 bits per heavy atom. The van der Waals surface area contributed by atoms with Gasteiger partial charge in [-0.15, -0.1) is 0 Å². The van der Waals surface area contributed by atoms with E-state index in [4.69, 9.17) is 0 Å². The third-order valence-electron chi connectivity index (χ3n) is 7.03. The van der Waals surface area contributed by atoms with Gasteiger partial charge in [0.2, 0.25) is 5.91 Å². The number of carboxylic acids is 1. The highest BCUT2D eigenvalue weighted by Gasteiger charge is 2.41. The number of carbonyl (C=O) groups excluding carboxylic acids is 1. The number of likely N-dealkylation sites (N-methyl/N-ethyl adjacent to an activating group) is 2. The Kier molecular flexibility index (Phi) is 11.2. The molecule has 1 amide bonds. The van der Waals surface area contributed by atoms with E-state index in [-0.39, 0.29) is 23.4 Å². The van der Waals surface area contributed by atoms with Crippen LogP contribution in [-0.4, -0.2) is 72.5 Å². The Morgan fingerprint density at radius 2 is 1.67 bits per heavy atom. The smallest absolute Gasteiger partial charge is 0.331 e. The van der Waals surface area contributed by atoms with Gasteiger partial charge in [-0.3, -0.25) is 9.69 Å². The van der Waals surface area contributed by atoms with E-state index in [2.05, 4.69) is 16.0 Å². The second-order valence-corrected chi connectivity index (χ2v) is 11.6. The summed E-state index contributed by atoms with van der Waals surface area (Å²) in [5.74, 6) is -1.17. The van der Waals surface area contributed by atoms with Gasteiger partial charge in [-0.25, -0.2) is 4.79 Å². The summed E-state index contributed by atoms with van der Waals surface area (Å²) in [5.41, 5.74) is 1.15. The van der Waals surface area contributed by atoms with Crippen LogP contribution < -0.4 is 16.0 Å². The molecule has 0 fully saturated rings. The number of benzene rings is 1. The summed E-state index contributed by atoms with van der Waals surface area (Å²) in [6.45, 7) is 15.4. The Hall–Kier alpha value is -2.42. The maximum atomic E-state index is 13.7. The molecule has 8 heteroatoms. The zero-order valence-corrected chi connectivity index (χ0v) is 23.9. The average Bonchev–Trinajstić information content (AvgIpc) is 2.79. The fourth-order valence-electron chi connectivity index (χ4n) is 4.56. The third-order valence-corrected chi connectivity index (χ3v) is 7.03. The Labute approximate surface area is 217 Å². The summed E-state index contributed by atoms with van der Waals surface area (Å²) in [5, 5.41) is 30.3. The number of aliphatic carboxylic acids is 1. The van der Waals surface area contributed by atoms with Crippen LogP contribution in [-0.2, 0) is 15.0 Å². The molecule has 0 bridgehead atoms. The van der Waals surface area contributed by atoms with Crippen molar-refractivity contribution in [3.05, 3.63) is 41.5 Å². The first-order valence-corrected chi connectivity index (χ1v) is 12.6. The van der Waals surface area contributed by atoms with Crippen molar-refractivity contribution in [3.8, 4) is 0 Å². The minimum absolute atomic E-state index is 0.0405. The maximum Gasteiger partial charge on any atom is 0.331 e. The molecule has 0 saturated carbocycles. The maximum absolute atomic E-state index is 13.7. The van der Waals surface area contributed by atoms with Gasteiger partial charge in [0.15, 0.2) is 0 Å². The fraction of sp³-hybridized carbons (Fsp3) is 0.643. The molecule has 0 aliphatic heterocycles. The van der Waals surface area contributed by atoms with Crippen molar-refractivity contribution in [2.24, 2.45) is 11.3 Å². The number of carbonyl (C=O) groups is 2. The molecule has 0 aromatic heterocycles. The van der Waals surface area contributed by atoms with E-state index in [1.807, 2.05) is 79.8 Å². The molecule has 36 heavy (non-hydrogen) atoms. The minimum Gasteiger partial charge on any atom is -0.478 e. The van der Waals surface area contributed by atoms with Crippen LogP contribution in [0.2, 0.25) is 0 Å². The molecular formula is C28H48N4O4. The van der Waals surface area contributed by atoms with E-state index >= 15 is 0 Å². The topological polar surface area (TPSA) is 114 Å². The largest absolute Gasteiger partial charge is 0.478 e. The lowest BCUT2D eigenvalue weighted by Crippen LogP contribution is -2.63. The molecule has 0 spiro atoms. The fourth-order valence-corrected chi connectivity index (χ4v) is 4.56. The van der Waals surface area contributed by atoms with Crippen LogP contribution in [0.1, 0.15) is 61.0 Å². The van der Waals surface area contributed by atoms with Gasteiger partial charge in [0.05, 0.1) is 12.1 Å². The normalized spacial score (nSPS) is 16.4. The van der Waals surface area contributed by atoms with E-state index in [1.54, 1.807) is 32.0 Å². The van der Waals surface area contributed by atoms with Crippen LogP contribution in [0.15, 0.2) is 35.9 Å². The number of aliphatic hydroxyl groups is 1. The summed E-state index contributed by atoms with van der Waals surface area (Å²) in [4.78, 5) is 26.9. The number of amides is 1. The molecule has 5 N–H and O–H groups in total. The number of rotatable bonds is 12. The summed E-state index contributed by atoms with van der Waals surface area (Å²) in [6, 6.07) is 6.45. The standard InChI is InChI=1S/C28H48N4O4/c1-17(2)21(15-18(3)26(35)36)32(11)25(34)23(27(4,5)6)31-24(33)22(30-10)28(7,8)19-13-12-14-20(16-19)29-9/h12-17,21-23,25,29-30,34H,1-11H3,(H,31,33)(H,35,36)/b18-15+/t21-,22?,23-,25?/m1/s1. The van der Waals surface area contributed by atoms with Crippen LogP contribution >= 0.6 is 0 Å². The van der Waals surface area contributed by atoms with Gasteiger partial charge >= 0.3 is 5.97 Å². The highest BCUT2D eigenvalue weighted by molar-refractivity contribution is 5.86. The Balaban J connectivity index is 3.32. The molecule has 0 aliphatic rings. The lowest BCUT2D eigenvalue weighted by molar-refractivity contribution is -0.132. The Morgan fingerprint density at radius 3 is 2.11 bits per heavy atom. The molecule has 0 radical (unpaired) electrons. The van der Waals surface area contributed by atoms with Gasteiger partial charge in [-0.05, 0) is 50.0 Å². The minimum atomic E-state index is -1.05. The first kappa shape index (κ1) is 31.6. The summed E-state index contributed by atoms with van der Waals surface area (Å²) >= 11 is 0. The molecule has 1 aromatic carbocycles. The number of carboxylic acid groups (broad SMARTS) is 1. The van der Waals surface area contributed by atoms with E-state index in [0.717, 1.165) is 11.3 Å². The molecule has 0 heterocycles. The van der Waals surface area contributed by atoms with Gasteiger partial charge in [-0.2, -0.15) is 0 Å². The first-order valence-electron chi connectivity index (χ1n) is 12.6. The molecule has 204 valence electrons. The molecular weight excluding hydrogens is 456 g/mol. The van der Waals surface area contributed by atoms with Crippen molar-refractivity contribution >= 4 is 17.6 Å². The predicted molar refractivity (Wildman–Crippen MR) is 147 cm³/mol. The van der Waals surface area contributed by atoms with Gasteiger partial charge in [0.1, 0.15) is 6.23 Å². The second-order valence-electron chi connectivity index (χ2n) is 11.6. The molecule has 0 saturated heterocycles. The summed E-state index contributed by atoms with van der Waals surface area (Å²) < 4.78 is 0. The molecule has 1 aromatic rings. The lowest BCUT2D eigenvalue weighted by Gasteiger charge is -2.43. The third kappa shape index (κ3) is 7.79. The van der Waals surface area contributed by atoms with Crippen molar-refractivity contribution in [2.45, 2.75) is 85.2 Å². The SMILES string of the molecule is CNc1cccc(C(C)(C)C(NC)C(=O)N[C@H](C(O)N(C)[C@H](/C=C(\C)C(=O)O)C(C)C)C(C)(C)C)c1. The zero-order valence-electron chi connectivity index (χ0n) is 23.9. The number of nitrogens with one attached hydrogen (secondary N) is 3. The van der Waals surface area contributed by atoms with E-state index in [0.29, 0.717) is 0 Å². The van der Waals surface area contributed by atoms with Gasteiger partial charge < -0.3 is 26.2 Å². The van der Waals surface area contributed by atoms with Gasteiger partial charge in [-0.1, -0.05) is 66.7 Å². The van der Waals surface area contributed by atoms with Crippen LogP contribution in [0.5, 0.6) is 0 Å². The van der Waals surface area contributed by atoms with Gasteiger partial charge in [0.25, 0.3) is 0 Å². The highest BCUT2D eigenvalue weighted by Crippen LogP contribution is 2.31. The predicted octanol–water partition coefficient (Wildman–Crippen LogP) is 3.43. The number of hydrogen-bond donors (Lipinski definition) is 5. The number of hydrogen-bond acceptors (Lipinski definition) is 6.